The first kappa shape index (κ1) is 24.6. The van der Waals surface area contributed by atoms with Gasteiger partial charge in [-0.1, -0.05) is 30.3 Å². The summed E-state index contributed by atoms with van der Waals surface area (Å²) in [5.74, 6) is -0.592. The Balaban J connectivity index is 1.52. The molecule has 9 heteroatoms. The van der Waals surface area contributed by atoms with Gasteiger partial charge in [-0.25, -0.2) is 0 Å². The summed E-state index contributed by atoms with van der Waals surface area (Å²) < 4.78 is 7.10. The highest BCUT2D eigenvalue weighted by Crippen LogP contribution is 2.27. The van der Waals surface area contributed by atoms with E-state index in [2.05, 4.69) is 26.6 Å². The van der Waals surface area contributed by atoms with E-state index in [1.165, 1.54) is 12.3 Å². The number of benzene rings is 1. The predicted molar refractivity (Wildman–Crippen MR) is 133 cm³/mol. The molecule has 2 N–H and O–H groups in total. The molecule has 0 fully saturated rings. The summed E-state index contributed by atoms with van der Waals surface area (Å²) >= 11 is 0. The fourth-order valence-corrected chi connectivity index (χ4v) is 3.99. The Morgan fingerprint density at radius 3 is 2.75 bits per heavy atom. The van der Waals surface area contributed by atoms with Gasteiger partial charge < -0.3 is 14.6 Å². The van der Waals surface area contributed by atoms with Gasteiger partial charge in [0.15, 0.2) is 0 Å². The Morgan fingerprint density at radius 2 is 2.03 bits per heavy atom. The molecule has 0 aliphatic carbocycles. The lowest BCUT2D eigenvalue weighted by atomic mass is 9.93. The highest BCUT2D eigenvalue weighted by Gasteiger charge is 2.23. The van der Waals surface area contributed by atoms with Crippen molar-refractivity contribution in [3.63, 3.8) is 0 Å². The van der Waals surface area contributed by atoms with Gasteiger partial charge in [-0.2, -0.15) is 10.4 Å². The molecule has 1 amide bonds. The van der Waals surface area contributed by atoms with Crippen molar-refractivity contribution in [1.82, 2.24) is 25.1 Å². The van der Waals surface area contributed by atoms with Gasteiger partial charge in [0, 0.05) is 31.5 Å². The molecule has 3 aromatic heterocycles. The average Bonchev–Trinajstić information content (AvgIpc) is 3.38. The number of hydrogen-bond acceptors (Lipinski definition) is 6. The van der Waals surface area contributed by atoms with Crippen molar-refractivity contribution in [3.05, 3.63) is 117 Å². The lowest BCUT2D eigenvalue weighted by Gasteiger charge is -2.17. The van der Waals surface area contributed by atoms with Crippen molar-refractivity contribution in [1.29, 1.82) is 5.26 Å². The second-order valence-electron chi connectivity index (χ2n) is 8.42. The average molecular weight is 483 g/mol. The van der Waals surface area contributed by atoms with Crippen LogP contribution in [0.15, 0.2) is 71.9 Å². The minimum absolute atomic E-state index is 0.0605. The summed E-state index contributed by atoms with van der Waals surface area (Å²) in [7, 11) is 1.60. The number of carbonyl (C=O) groups is 1. The van der Waals surface area contributed by atoms with Gasteiger partial charge in [-0.05, 0) is 35.7 Å². The zero-order valence-electron chi connectivity index (χ0n) is 20.1. The number of carbonyl (C=O) groups excluding carboxylic acids is 1. The molecule has 36 heavy (non-hydrogen) atoms. The van der Waals surface area contributed by atoms with Gasteiger partial charge in [0.25, 0.3) is 11.5 Å². The molecule has 0 saturated heterocycles. The van der Waals surface area contributed by atoms with Crippen LogP contribution in [0.2, 0.25) is 0 Å². The molecule has 0 aliphatic rings. The van der Waals surface area contributed by atoms with E-state index in [1.807, 2.05) is 37.3 Å². The summed E-state index contributed by atoms with van der Waals surface area (Å²) in [6, 6.07) is 16.8. The lowest BCUT2D eigenvalue weighted by molar-refractivity contribution is 0.0948. The van der Waals surface area contributed by atoms with Crippen LogP contribution < -0.4 is 10.9 Å². The maximum absolute atomic E-state index is 13.0. The SMILES string of the molecule is COCC(c1ccc(Cn2ccccc2=O)cc1)c1[nH]ncc1C(=O)NCc1ncc(C)cc1C#N. The first-order chi connectivity index (χ1) is 17.5. The van der Waals surface area contributed by atoms with E-state index in [1.54, 1.807) is 36.2 Å². The molecular weight excluding hydrogens is 456 g/mol. The van der Waals surface area contributed by atoms with Gasteiger partial charge in [0.1, 0.15) is 6.07 Å². The molecule has 9 nitrogen and oxygen atoms in total. The Kier molecular flexibility index (Phi) is 7.68. The molecule has 0 aliphatic heterocycles. The number of rotatable bonds is 9. The smallest absolute Gasteiger partial charge is 0.255 e. The van der Waals surface area contributed by atoms with Crippen LogP contribution in [0.1, 0.15) is 49.9 Å². The van der Waals surface area contributed by atoms with Crippen LogP contribution in [0.25, 0.3) is 0 Å². The van der Waals surface area contributed by atoms with Gasteiger partial charge in [-0.3, -0.25) is 19.7 Å². The number of aromatic amines is 1. The van der Waals surface area contributed by atoms with Gasteiger partial charge in [-0.15, -0.1) is 0 Å². The molecule has 0 bridgehead atoms. The molecule has 4 rings (SSSR count). The van der Waals surface area contributed by atoms with Gasteiger partial charge in [0.2, 0.25) is 0 Å². The minimum Gasteiger partial charge on any atom is -0.384 e. The Labute approximate surface area is 208 Å². The highest BCUT2D eigenvalue weighted by atomic mass is 16.5. The number of H-pyrrole nitrogens is 1. The normalized spacial score (nSPS) is 11.6. The van der Waals surface area contributed by atoms with Crippen LogP contribution >= 0.6 is 0 Å². The van der Waals surface area contributed by atoms with E-state index in [4.69, 9.17) is 4.74 Å². The molecule has 182 valence electrons. The Morgan fingerprint density at radius 1 is 1.22 bits per heavy atom. The third kappa shape index (κ3) is 5.56. The molecule has 0 saturated carbocycles. The monoisotopic (exact) mass is 482 g/mol. The van der Waals surface area contributed by atoms with Crippen LogP contribution in [-0.2, 0) is 17.8 Å². The zero-order chi connectivity index (χ0) is 25.5. The van der Waals surface area contributed by atoms with E-state index in [0.29, 0.717) is 35.7 Å². The molecular formula is C27H26N6O3. The number of ether oxygens (including phenoxy) is 1. The summed E-state index contributed by atoms with van der Waals surface area (Å²) in [5.41, 5.74) is 4.68. The van der Waals surface area contributed by atoms with Crippen molar-refractivity contribution in [2.24, 2.45) is 0 Å². The molecule has 1 unspecified atom stereocenters. The summed E-state index contributed by atoms with van der Waals surface area (Å²) in [6.07, 6.45) is 4.90. The van der Waals surface area contributed by atoms with Crippen molar-refractivity contribution < 1.29 is 9.53 Å². The number of nitriles is 1. The maximum Gasteiger partial charge on any atom is 0.255 e. The number of amides is 1. The number of methoxy groups -OCH3 is 1. The van der Waals surface area contributed by atoms with Crippen LogP contribution in [0.3, 0.4) is 0 Å². The molecule has 1 atom stereocenters. The van der Waals surface area contributed by atoms with Crippen molar-refractivity contribution >= 4 is 5.91 Å². The summed E-state index contributed by atoms with van der Waals surface area (Å²) in [5, 5.41) is 19.3. The Bertz CT molecular complexity index is 1450. The Hall–Kier alpha value is -4.55. The number of nitrogens with zero attached hydrogens (tertiary/aromatic N) is 4. The van der Waals surface area contributed by atoms with E-state index in [0.717, 1.165) is 16.7 Å². The van der Waals surface area contributed by atoms with Crippen molar-refractivity contribution in [3.8, 4) is 6.07 Å². The van der Waals surface area contributed by atoms with E-state index in [9.17, 15) is 14.9 Å². The van der Waals surface area contributed by atoms with E-state index < -0.39 is 0 Å². The highest BCUT2D eigenvalue weighted by molar-refractivity contribution is 5.95. The molecule has 0 radical (unpaired) electrons. The fourth-order valence-electron chi connectivity index (χ4n) is 3.99. The zero-order valence-corrected chi connectivity index (χ0v) is 20.1. The maximum atomic E-state index is 13.0. The second-order valence-corrected chi connectivity index (χ2v) is 8.42. The van der Waals surface area contributed by atoms with Crippen molar-refractivity contribution in [2.75, 3.05) is 13.7 Å². The van der Waals surface area contributed by atoms with Crippen LogP contribution in [0.4, 0.5) is 0 Å². The predicted octanol–water partition coefficient (Wildman–Crippen LogP) is 2.90. The van der Waals surface area contributed by atoms with Crippen LogP contribution in [0.5, 0.6) is 0 Å². The number of pyridine rings is 2. The van der Waals surface area contributed by atoms with Crippen LogP contribution in [0, 0.1) is 18.3 Å². The third-order valence-corrected chi connectivity index (χ3v) is 5.87. The van der Waals surface area contributed by atoms with Crippen LogP contribution in [-0.4, -0.2) is 39.4 Å². The van der Waals surface area contributed by atoms with E-state index >= 15 is 0 Å². The largest absolute Gasteiger partial charge is 0.384 e. The second kappa shape index (κ2) is 11.3. The number of aromatic nitrogens is 4. The third-order valence-electron chi connectivity index (χ3n) is 5.87. The number of aryl methyl sites for hydroxylation is 1. The molecule has 1 aromatic carbocycles. The summed E-state index contributed by atoms with van der Waals surface area (Å²) in [6.45, 7) is 2.77. The first-order valence-corrected chi connectivity index (χ1v) is 11.4. The fraction of sp³-hybridized carbons (Fsp3) is 0.222. The lowest BCUT2D eigenvalue weighted by Crippen LogP contribution is -2.25. The number of nitrogens with one attached hydrogen (secondary N) is 2. The quantitative estimate of drug-likeness (QED) is 0.378. The molecule has 3 heterocycles. The topological polar surface area (TPSA) is 126 Å². The molecule has 4 aromatic rings. The van der Waals surface area contributed by atoms with E-state index in [-0.39, 0.29) is 23.9 Å². The number of hydrogen-bond donors (Lipinski definition) is 2. The van der Waals surface area contributed by atoms with Gasteiger partial charge >= 0.3 is 0 Å². The molecule has 0 spiro atoms. The minimum atomic E-state index is -0.328. The van der Waals surface area contributed by atoms with Gasteiger partial charge in [0.05, 0.1) is 48.4 Å². The van der Waals surface area contributed by atoms with Crippen molar-refractivity contribution in [2.45, 2.75) is 25.9 Å². The summed E-state index contributed by atoms with van der Waals surface area (Å²) in [4.78, 5) is 29.3. The first-order valence-electron chi connectivity index (χ1n) is 11.4. The standard InChI is InChI=1S/C27H26N6O3/c1-18-11-21(12-28)24(29-13-18)15-30-27(35)22-14-31-32-26(22)23(17-36-2)20-8-6-19(7-9-20)16-33-10-4-3-5-25(33)34/h3-11,13-14,23H,15-17H2,1-2H3,(H,30,35)(H,31,32).